The molecule has 6 heteroatoms. The molecule has 0 saturated carbocycles. The summed E-state index contributed by atoms with van der Waals surface area (Å²) >= 11 is 1.46. The molecule has 2 aromatic heterocycles. The van der Waals surface area contributed by atoms with Gasteiger partial charge in [0.2, 0.25) is 4.96 Å². The highest BCUT2D eigenvalue weighted by Crippen LogP contribution is 2.28. The number of benzene rings is 2. The lowest BCUT2D eigenvalue weighted by Gasteiger charge is -1.98. The lowest BCUT2D eigenvalue weighted by molar-refractivity contribution is 0.628. The third-order valence-electron chi connectivity index (χ3n) is 3.37. The zero-order valence-corrected chi connectivity index (χ0v) is 12.5. The van der Waals surface area contributed by atoms with Gasteiger partial charge in [-0.2, -0.15) is 9.61 Å². The minimum atomic E-state index is -0.303. The molecule has 0 bridgehead atoms. The average Bonchev–Trinajstić information content (AvgIpc) is 3.08. The molecule has 0 atom stereocenters. The van der Waals surface area contributed by atoms with E-state index in [1.807, 2.05) is 31.2 Å². The standard InChI is InChI=1S/C16H11FN4S/c1-10-5-7-11(8-6-10)15-20-21-14(18-19-16(21)22-15)12-3-2-4-13(17)9-12/h2-9H,1H3. The quantitative estimate of drug-likeness (QED) is 0.563. The van der Waals surface area contributed by atoms with Gasteiger partial charge in [-0.1, -0.05) is 53.3 Å². The molecule has 0 saturated heterocycles. The first-order chi connectivity index (χ1) is 10.7. The summed E-state index contributed by atoms with van der Waals surface area (Å²) in [5.41, 5.74) is 2.90. The molecule has 4 nitrogen and oxygen atoms in total. The van der Waals surface area contributed by atoms with Crippen LogP contribution < -0.4 is 0 Å². The van der Waals surface area contributed by atoms with Crippen LogP contribution in [-0.2, 0) is 0 Å². The van der Waals surface area contributed by atoms with Gasteiger partial charge in [0.25, 0.3) is 0 Å². The Bertz CT molecular complexity index is 956. The smallest absolute Gasteiger partial charge is 0.207 e. The van der Waals surface area contributed by atoms with Crippen molar-refractivity contribution in [3.8, 4) is 22.0 Å². The largest absolute Gasteiger partial charge is 0.235 e. The van der Waals surface area contributed by atoms with Gasteiger partial charge in [-0.15, -0.1) is 10.2 Å². The lowest BCUT2D eigenvalue weighted by atomic mass is 10.2. The highest BCUT2D eigenvalue weighted by atomic mass is 32.1. The summed E-state index contributed by atoms with van der Waals surface area (Å²) in [5.74, 6) is 0.243. The van der Waals surface area contributed by atoms with Crippen molar-refractivity contribution in [3.05, 3.63) is 59.9 Å². The molecule has 0 amide bonds. The zero-order valence-electron chi connectivity index (χ0n) is 11.7. The van der Waals surface area contributed by atoms with E-state index in [2.05, 4.69) is 15.3 Å². The minimum Gasteiger partial charge on any atom is -0.207 e. The molecule has 108 valence electrons. The maximum absolute atomic E-state index is 13.4. The van der Waals surface area contributed by atoms with Crippen LogP contribution in [0.2, 0.25) is 0 Å². The SMILES string of the molecule is Cc1ccc(-c2nn3c(-c4cccc(F)c4)nnc3s2)cc1. The number of fused-ring (bicyclic) bond motifs is 1. The Morgan fingerprint density at radius 2 is 1.82 bits per heavy atom. The van der Waals surface area contributed by atoms with Gasteiger partial charge in [0.05, 0.1) is 0 Å². The zero-order chi connectivity index (χ0) is 15.1. The van der Waals surface area contributed by atoms with Crippen molar-refractivity contribution in [1.82, 2.24) is 19.8 Å². The molecule has 2 aromatic carbocycles. The average molecular weight is 310 g/mol. The fourth-order valence-electron chi connectivity index (χ4n) is 2.24. The fourth-order valence-corrected chi connectivity index (χ4v) is 3.08. The molecule has 0 aliphatic heterocycles. The topological polar surface area (TPSA) is 43.1 Å². The highest BCUT2D eigenvalue weighted by Gasteiger charge is 2.14. The van der Waals surface area contributed by atoms with E-state index in [4.69, 9.17) is 0 Å². The van der Waals surface area contributed by atoms with Gasteiger partial charge in [-0.3, -0.25) is 0 Å². The monoisotopic (exact) mass is 310 g/mol. The number of halogens is 1. The van der Waals surface area contributed by atoms with Crippen LogP contribution in [0.15, 0.2) is 48.5 Å². The number of hydrogen-bond donors (Lipinski definition) is 0. The van der Waals surface area contributed by atoms with E-state index in [0.717, 1.165) is 10.6 Å². The van der Waals surface area contributed by atoms with E-state index >= 15 is 0 Å². The van der Waals surface area contributed by atoms with E-state index < -0.39 is 0 Å². The van der Waals surface area contributed by atoms with Crippen LogP contribution in [0.1, 0.15) is 5.56 Å². The summed E-state index contributed by atoms with van der Waals surface area (Å²) < 4.78 is 15.1. The van der Waals surface area contributed by atoms with Gasteiger partial charge >= 0.3 is 0 Å². The highest BCUT2D eigenvalue weighted by molar-refractivity contribution is 7.19. The van der Waals surface area contributed by atoms with Crippen LogP contribution >= 0.6 is 11.3 Å². The molecule has 2 heterocycles. The Balaban J connectivity index is 1.84. The molecule has 22 heavy (non-hydrogen) atoms. The van der Waals surface area contributed by atoms with E-state index in [-0.39, 0.29) is 5.82 Å². The summed E-state index contributed by atoms with van der Waals surface area (Å²) in [4.78, 5) is 0.690. The first-order valence-corrected chi connectivity index (χ1v) is 7.57. The van der Waals surface area contributed by atoms with Gasteiger partial charge in [-0.05, 0) is 19.1 Å². The number of aromatic nitrogens is 4. The molecule has 0 aliphatic rings. The second-order valence-electron chi connectivity index (χ2n) is 5.00. The molecule has 0 N–H and O–H groups in total. The second-order valence-corrected chi connectivity index (χ2v) is 5.96. The molecule has 0 fully saturated rings. The summed E-state index contributed by atoms with van der Waals surface area (Å²) in [7, 11) is 0. The molecular formula is C16H11FN4S. The second kappa shape index (κ2) is 4.99. The maximum atomic E-state index is 13.4. The number of hydrogen-bond acceptors (Lipinski definition) is 4. The number of rotatable bonds is 2. The summed E-state index contributed by atoms with van der Waals surface area (Å²) in [5, 5.41) is 13.7. The third-order valence-corrected chi connectivity index (χ3v) is 4.32. The van der Waals surface area contributed by atoms with Gasteiger partial charge in [-0.25, -0.2) is 4.39 Å². The van der Waals surface area contributed by atoms with Crippen molar-refractivity contribution >= 4 is 16.3 Å². The Kier molecular flexibility index (Phi) is 2.97. The summed E-state index contributed by atoms with van der Waals surface area (Å²) in [6, 6.07) is 14.4. The number of nitrogens with zero attached hydrogens (tertiary/aromatic N) is 4. The van der Waals surface area contributed by atoms with Gasteiger partial charge in [0.1, 0.15) is 10.8 Å². The normalized spacial score (nSPS) is 11.2. The molecular weight excluding hydrogens is 299 g/mol. The molecule has 0 unspecified atom stereocenters. The van der Waals surface area contributed by atoms with Crippen molar-refractivity contribution in [2.75, 3.05) is 0 Å². The Morgan fingerprint density at radius 1 is 1.00 bits per heavy atom. The van der Waals surface area contributed by atoms with Crippen molar-refractivity contribution in [2.24, 2.45) is 0 Å². The third kappa shape index (κ3) is 2.17. The van der Waals surface area contributed by atoms with Gasteiger partial charge < -0.3 is 0 Å². The molecule has 0 spiro atoms. The van der Waals surface area contributed by atoms with E-state index in [1.54, 1.807) is 16.6 Å². The van der Waals surface area contributed by atoms with Crippen molar-refractivity contribution in [3.63, 3.8) is 0 Å². The molecule has 4 rings (SSSR count). The van der Waals surface area contributed by atoms with E-state index in [9.17, 15) is 4.39 Å². The van der Waals surface area contributed by atoms with E-state index in [1.165, 1.54) is 29.0 Å². The molecule has 4 aromatic rings. The van der Waals surface area contributed by atoms with Crippen molar-refractivity contribution in [1.29, 1.82) is 0 Å². The summed E-state index contributed by atoms with van der Waals surface area (Å²) in [6.45, 7) is 2.05. The van der Waals surface area contributed by atoms with Crippen molar-refractivity contribution in [2.45, 2.75) is 6.92 Å². The Morgan fingerprint density at radius 3 is 2.59 bits per heavy atom. The minimum absolute atomic E-state index is 0.303. The van der Waals surface area contributed by atoms with Crippen LogP contribution in [0.25, 0.3) is 26.9 Å². The lowest BCUT2D eigenvalue weighted by Crippen LogP contribution is -1.91. The first-order valence-electron chi connectivity index (χ1n) is 6.76. The van der Waals surface area contributed by atoms with Crippen LogP contribution in [0.5, 0.6) is 0 Å². The maximum Gasteiger partial charge on any atom is 0.235 e. The first kappa shape index (κ1) is 13.1. The van der Waals surface area contributed by atoms with Gasteiger partial charge in [0, 0.05) is 11.1 Å². The van der Waals surface area contributed by atoms with E-state index in [0.29, 0.717) is 16.3 Å². The van der Waals surface area contributed by atoms with Crippen molar-refractivity contribution < 1.29 is 4.39 Å². The van der Waals surface area contributed by atoms with Crippen LogP contribution in [0.4, 0.5) is 4.39 Å². The van der Waals surface area contributed by atoms with Crippen LogP contribution in [0, 0.1) is 12.7 Å². The van der Waals surface area contributed by atoms with Gasteiger partial charge in [0.15, 0.2) is 5.82 Å². The summed E-state index contributed by atoms with van der Waals surface area (Å²) in [6.07, 6.45) is 0. The fraction of sp³-hybridized carbons (Fsp3) is 0.0625. The molecule has 0 radical (unpaired) electrons. The Hall–Kier alpha value is -2.60. The predicted octanol–water partition coefficient (Wildman–Crippen LogP) is 3.97. The Labute approximate surface area is 129 Å². The number of aryl methyl sites for hydroxylation is 1. The predicted molar refractivity (Wildman–Crippen MR) is 84.2 cm³/mol. The van der Waals surface area contributed by atoms with Crippen LogP contribution in [-0.4, -0.2) is 19.8 Å². The van der Waals surface area contributed by atoms with Crippen LogP contribution in [0.3, 0.4) is 0 Å². The molecule has 0 aliphatic carbocycles.